The van der Waals surface area contributed by atoms with E-state index in [1.54, 1.807) is 54.6 Å². The number of nitrogens with zero attached hydrogens (tertiary/aromatic N) is 2. The molecule has 0 atom stereocenters. The molecular weight excluding hydrogens is 435 g/mol. The first-order valence-electron chi connectivity index (χ1n) is 8.76. The summed E-state index contributed by atoms with van der Waals surface area (Å²) in [6.45, 7) is 0. The Balaban J connectivity index is 1.87. The van der Waals surface area contributed by atoms with E-state index in [-0.39, 0.29) is 16.4 Å². The van der Waals surface area contributed by atoms with Crippen molar-refractivity contribution in [3.05, 3.63) is 88.7 Å². The Labute approximate surface area is 180 Å². The third kappa shape index (κ3) is 5.73. The van der Waals surface area contributed by atoms with Crippen LogP contribution in [0.15, 0.2) is 72.0 Å². The zero-order chi connectivity index (χ0) is 22.4. The molecule has 1 N–H and O–H groups in total. The van der Waals surface area contributed by atoms with E-state index < -0.39 is 17.8 Å². The second-order valence-electron chi connectivity index (χ2n) is 6.09. The van der Waals surface area contributed by atoms with Crippen LogP contribution in [0.5, 0.6) is 5.75 Å². The van der Waals surface area contributed by atoms with Crippen molar-refractivity contribution in [1.29, 1.82) is 0 Å². The number of halogens is 4. The first-order chi connectivity index (χ1) is 14.8. The lowest BCUT2D eigenvalue weighted by Crippen LogP contribution is -2.15. The van der Waals surface area contributed by atoms with Crippen LogP contribution in [0.2, 0.25) is 5.02 Å². The van der Waals surface area contributed by atoms with Gasteiger partial charge in [0.1, 0.15) is 17.2 Å². The number of alkyl halides is 3. The molecule has 0 spiro atoms. The molecule has 1 amide bonds. The molecule has 0 saturated heterocycles. The molecule has 160 valence electrons. The summed E-state index contributed by atoms with van der Waals surface area (Å²) in [5.74, 6) is 0.603. The molecular formula is C21H15ClF3N3O3. The fourth-order valence-corrected chi connectivity index (χ4v) is 2.75. The van der Waals surface area contributed by atoms with E-state index in [4.69, 9.17) is 21.2 Å². The van der Waals surface area contributed by atoms with Crippen molar-refractivity contribution in [1.82, 2.24) is 4.98 Å². The Morgan fingerprint density at radius 3 is 2.35 bits per heavy atom. The van der Waals surface area contributed by atoms with Crippen LogP contribution in [0.1, 0.15) is 16.8 Å². The maximum atomic E-state index is 12.9. The maximum absolute atomic E-state index is 12.9. The number of hydrogen-bond donors (Lipinski definition) is 1. The SMILES string of the molecule is COc1ccc(NC(=O)O/N=C(/c2ccccc2)c2ncc(C(F)(F)F)cc2Cl)cc1. The van der Waals surface area contributed by atoms with Gasteiger partial charge in [-0.05, 0) is 30.3 Å². The average molecular weight is 450 g/mol. The van der Waals surface area contributed by atoms with Gasteiger partial charge in [-0.15, -0.1) is 0 Å². The van der Waals surface area contributed by atoms with Crippen LogP contribution < -0.4 is 10.1 Å². The van der Waals surface area contributed by atoms with Gasteiger partial charge in [0.05, 0.1) is 17.7 Å². The van der Waals surface area contributed by atoms with Gasteiger partial charge in [-0.2, -0.15) is 13.2 Å². The molecule has 3 aromatic rings. The fraction of sp³-hybridized carbons (Fsp3) is 0.0952. The van der Waals surface area contributed by atoms with E-state index in [1.807, 2.05) is 0 Å². The van der Waals surface area contributed by atoms with Crippen molar-refractivity contribution in [3.8, 4) is 5.75 Å². The van der Waals surface area contributed by atoms with Gasteiger partial charge in [0.2, 0.25) is 0 Å². The van der Waals surface area contributed by atoms with Crippen LogP contribution in [0.25, 0.3) is 0 Å². The van der Waals surface area contributed by atoms with Gasteiger partial charge >= 0.3 is 12.3 Å². The summed E-state index contributed by atoms with van der Waals surface area (Å²) in [7, 11) is 1.51. The third-order valence-corrected chi connectivity index (χ3v) is 4.28. The second-order valence-corrected chi connectivity index (χ2v) is 6.50. The molecule has 0 fully saturated rings. The molecule has 1 heterocycles. The molecule has 0 unspecified atom stereocenters. The van der Waals surface area contributed by atoms with E-state index in [0.29, 0.717) is 23.2 Å². The summed E-state index contributed by atoms with van der Waals surface area (Å²) >= 11 is 6.04. The van der Waals surface area contributed by atoms with Crippen LogP contribution in [0.3, 0.4) is 0 Å². The highest BCUT2D eigenvalue weighted by Gasteiger charge is 2.32. The number of carbonyl (C=O) groups is 1. The predicted octanol–water partition coefficient (Wildman–Crippen LogP) is 5.76. The molecule has 0 bridgehead atoms. The zero-order valence-electron chi connectivity index (χ0n) is 16.0. The number of ether oxygens (including phenoxy) is 1. The number of carbonyl (C=O) groups excluding carboxylic acids is 1. The lowest BCUT2D eigenvalue weighted by molar-refractivity contribution is -0.137. The van der Waals surface area contributed by atoms with Gasteiger partial charge in [-0.25, -0.2) is 4.79 Å². The largest absolute Gasteiger partial charge is 0.497 e. The molecule has 0 aliphatic heterocycles. The lowest BCUT2D eigenvalue weighted by atomic mass is 10.1. The molecule has 31 heavy (non-hydrogen) atoms. The van der Waals surface area contributed by atoms with E-state index in [9.17, 15) is 18.0 Å². The van der Waals surface area contributed by atoms with Gasteiger partial charge in [-0.3, -0.25) is 15.1 Å². The minimum absolute atomic E-state index is 0.00999. The van der Waals surface area contributed by atoms with Crippen LogP contribution >= 0.6 is 11.6 Å². The standard InChI is InChI=1S/C21H15ClF3N3O3/c1-30-16-9-7-15(8-10-16)27-20(29)31-28-18(13-5-3-2-4-6-13)19-17(22)11-14(12-26-19)21(23,24)25/h2-12H,1H3,(H,27,29)/b28-18-. The molecule has 0 aliphatic rings. The van der Waals surface area contributed by atoms with Gasteiger partial charge in [-0.1, -0.05) is 47.1 Å². The van der Waals surface area contributed by atoms with Crippen molar-refractivity contribution in [2.45, 2.75) is 6.18 Å². The summed E-state index contributed by atoms with van der Waals surface area (Å²) in [5, 5.41) is 5.97. The summed E-state index contributed by atoms with van der Waals surface area (Å²) in [6.07, 6.45) is -4.88. The van der Waals surface area contributed by atoms with Crippen molar-refractivity contribution in [2.75, 3.05) is 12.4 Å². The van der Waals surface area contributed by atoms with E-state index in [2.05, 4.69) is 15.5 Å². The number of benzene rings is 2. The van der Waals surface area contributed by atoms with Crippen molar-refractivity contribution in [3.63, 3.8) is 0 Å². The third-order valence-electron chi connectivity index (χ3n) is 4.00. The van der Waals surface area contributed by atoms with E-state index in [0.717, 1.165) is 6.07 Å². The topological polar surface area (TPSA) is 72.8 Å². The molecule has 10 heteroatoms. The molecule has 2 aromatic carbocycles. The Morgan fingerprint density at radius 1 is 1.10 bits per heavy atom. The number of oxime groups is 1. The first kappa shape index (κ1) is 22.1. The van der Waals surface area contributed by atoms with E-state index >= 15 is 0 Å². The molecule has 0 radical (unpaired) electrons. The molecule has 0 aliphatic carbocycles. The molecule has 1 aromatic heterocycles. The highest BCUT2D eigenvalue weighted by Crippen LogP contribution is 2.31. The number of anilines is 1. The number of aromatic nitrogens is 1. The second kappa shape index (κ2) is 9.48. The summed E-state index contributed by atoms with van der Waals surface area (Å²) in [5.41, 5.74) is -0.226. The van der Waals surface area contributed by atoms with Crippen molar-refractivity contribution < 1.29 is 27.5 Å². The number of nitrogens with one attached hydrogen (secondary N) is 1. The Hall–Kier alpha value is -3.59. The average Bonchev–Trinajstić information content (AvgIpc) is 2.75. The highest BCUT2D eigenvalue weighted by atomic mass is 35.5. The number of pyridine rings is 1. The Morgan fingerprint density at radius 2 is 1.77 bits per heavy atom. The van der Waals surface area contributed by atoms with Crippen molar-refractivity contribution >= 4 is 29.1 Å². The van der Waals surface area contributed by atoms with Crippen LogP contribution in [-0.2, 0) is 11.0 Å². The van der Waals surface area contributed by atoms with Crippen LogP contribution in [-0.4, -0.2) is 23.9 Å². The lowest BCUT2D eigenvalue weighted by Gasteiger charge is -2.11. The molecule has 6 nitrogen and oxygen atoms in total. The van der Waals surface area contributed by atoms with Crippen LogP contribution in [0.4, 0.5) is 23.7 Å². The maximum Gasteiger partial charge on any atom is 0.437 e. The highest BCUT2D eigenvalue weighted by molar-refractivity contribution is 6.35. The number of rotatable bonds is 5. The normalized spacial score (nSPS) is 11.7. The van der Waals surface area contributed by atoms with Gasteiger partial charge in [0.25, 0.3) is 0 Å². The molecule has 3 rings (SSSR count). The van der Waals surface area contributed by atoms with Crippen molar-refractivity contribution in [2.24, 2.45) is 5.16 Å². The van der Waals surface area contributed by atoms with E-state index in [1.165, 1.54) is 7.11 Å². The number of hydrogen-bond acceptors (Lipinski definition) is 5. The number of amides is 1. The fourth-order valence-electron chi connectivity index (χ4n) is 2.50. The summed E-state index contributed by atoms with van der Waals surface area (Å²) < 4.78 is 43.8. The van der Waals surface area contributed by atoms with Crippen LogP contribution in [0, 0.1) is 0 Å². The number of methoxy groups -OCH3 is 1. The summed E-state index contributed by atoms with van der Waals surface area (Å²) in [4.78, 5) is 20.8. The van der Waals surface area contributed by atoms with Gasteiger partial charge in [0, 0.05) is 17.4 Å². The monoisotopic (exact) mass is 449 g/mol. The minimum Gasteiger partial charge on any atom is -0.497 e. The minimum atomic E-state index is -4.60. The van der Waals surface area contributed by atoms with Gasteiger partial charge < -0.3 is 4.74 Å². The Kier molecular flexibility index (Phi) is 6.76. The smallest absolute Gasteiger partial charge is 0.437 e. The molecule has 0 saturated carbocycles. The Bertz CT molecular complexity index is 1090. The quantitative estimate of drug-likeness (QED) is 0.305. The van der Waals surface area contributed by atoms with Gasteiger partial charge in [0.15, 0.2) is 0 Å². The zero-order valence-corrected chi connectivity index (χ0v) is 16.7. The predicted molar refractivity (Wildman–Crippen MR) is 109 cm³/mol. The first-order valence-corrected chi connectivity index (χ1v) is 9.14. The summed E-state index contributed by atoms with van der Waals surface area (Å²) in [6, 6.07) is 15.5.